The van der Waals surface area contributed by atoms with Crippen LogP contribution < -0.4 is 10.2 Å². The molecule has 1 aliphatic carbocycles. The molecular formula is C28H36N4O3. The van der Waals surface area contributed by atoms with E-state index in [4.69, 9.17) is 4.42 Å². The van der Waals surface area contributed by atoms with Gasteiger partial charge in [-0.1, -0.05) is 18.6 Å². The molecule has 1 saturated carbocycles. The van der Waals surface area contributed by atoms with Gasteiger partial charge in [-0.2, -0.15) is 0 Å². The highest BCUT2D eigenvalue weighted by Crippen LogP contribution is 2.30. The van der Waals surface area contributed by atoms with Gasteiger partial charge in [-0.25, -0.2) is 4.98 Å². The first kappa shape index (κ1) is 24.9. The van der Waals surface area contributed by atoms with Crippen LogP contribution in [0.3, 0.4) is 0 Å². The van der Waals surface area contributed by atoms with Crippen LogP contribution in [0.1, 0.15) is 44.9 Å². The summed E-state index contributed by atoms with van der Waals surface area (Å²) in [7, 11) is 5.95. The number of hydrogen-bond donors (Lipinski definition) is 1. The Bertz CT molecular complexity index is 1110. The molecule has 1 aliphatic rings. The maximum atomic E-state index is 13.1. The van der Waals surface area contributed by atoms with Crippen LogP contribution in [0.5, 0.6) is 0 Å². The number of oxazole rings is 1. The second kappa shape index (κ2) is 11.5. The molecule has 0 bridgehead atoms. The molecule has 4 rings (SSSR count). The molecule has 7 heteroatoms. The number of amides is 2. The number of nitrogens with zero attached hydrogens (tertiary/aromatic N) is 3. The van der Waals surface area contributed by atoms with Crippen LogP contribution >= 0.6 is 0 Å². The van der Waals surface area contributed by atoms with Gasteiger partial charge in [-0.3, -0.25) is 9.59 Å². The van der Waals surface area contributed by atoms with Gasteiger partial charge in [0.05, 0.1) is 0 Å². The van der Waals surface area contributed by atoms with E-state index in [-0.39, 0.29) is 23.8 Å². The summed E-state index contributed by atoms with van der Waals surface area (Å²) in [6.07, 6.45) is 6.02. The average molecular weight is 477 g/mol. The second-order valence-corrected chi connectivity index (χ2v) is 9.82. The Labute approximate surface area is 207 Å². The van der Waals surface area contributed by atoms with Crippen LogP contribution in [0.2, 0.25) is 0 Å². The average Bonchev–Trinajstić information content (AvgIpc) is 3.50. The molecule has 35 heavy (non-hydrogen) atoms. The summed E-state index contributed by atoms with van der Waals surface area (Å²) in [6.45, 7) is 1.06. The zero-order chi connectivity index (χ0) is 24.8. The fourth-order valence-corrected chi connectivity index (χ4v) is 4.75. The Kier molecular flexibility index (Phi) is 8.18. The number of unbranched alkanes of at least 4 members (excludes halogenated alkanes) is 2. The van der Waals surface area contributed by atoms with Gasteiger partial charge in [0.1, 0.15) is 5.52 Å². The number of nitrogens with one attached hydrogen (secondary N) is 1. The molecule has 0 spiro atoms. The molecule has 1 fully saturated rings. The van der Waals surface area contributed by atoms with Crippen LogP contribution in [0.4, 0.5) is 5.69 Å². The van der Waals surface area contributed by atoms with Gasteiger partial charge < -0.3 is 19.5 Å². The SMILES string of the molecule is CN(C)CCCCCC(=O)N[C@H]1CC[C@@H](C(=O)N(C)c2ccc(-c3nc4ccccc4o3)cc2)C1. The third-order valence-corrected chi connectivity index (χ3v) is 6.78. The van der Waals surface area contributed by atoms with Crippen LogP contribution in [-0.4, -0.2) is 55.4 Å². The molecule has 1 heterocycles. The number of benzene rings is 2. The molecular weight excluding hydrogens is 440 g/mol. The molecule has 2 atom stereocenters. The number of hydrogen-bond acceptors (Lipinski definition) is 5. The summed E-state index contributed by atoms with van der Waals surface area (Å²) in [5.74, 6) is 0.706. The van der Waals surface area contributed by atoms with Crippen molar-refractivity contribution in [3.63, 3.8) is 0 Å². The van der Waals surface area contributed by atoms with Crippen molar-refractivity contribution in [2.45, 2.75) is 51.0 Å². The van der Waals surface area contributed by atoms with E-state index in [0.29, 0.717) is 18.7 Å². The molecule has 0 unspecified atom stereocenters. The van der Waals surface area contributed by atoms with E-state index in [2.05, 4.69) is 29.3 Å². The summed E-state index contributed by atoms with van der Waals surface area (Å²) < 4.78 is 5.84. The van der Waals surface area contributed by atoms with Crippen molar-refractivity contribution in [3.05, 3.63) is 48.5 Å². The first-order valence-electron chi connectivity index (χ1n) is 12.6. The summed E-state index contributed by atoms with van der Waals surface area (Å²) in [5.41, 5.74) is 3.29. The van der Waals surface area contributed by atoms with Gasteiger partial charge in [0, 0.05) is 36.7 Å². The summed E-state index contributed by atoms with van der Waals surface area (Å²) >= 11 is 0. The largest absolute Gasteiger partial charge is 0.436 e. The van der Waals surface area contributed by atoms with Gasteiger partial charge in [-0.05, 0) is 89.1 Å². The monoisotopic (exact) mass is 476 g/mol. The van der Waals surface area contributed by atoms with Gasteiger partial charge >= 0.3 is 0 Å². The quantitative estimate of drug-likeness (QED) is 0.423. The van der Waals surface area contributed by atoms with E-state index in [1.165, 1.54) is 0 Å². The molecule has 1 N–H and O–H groups in total. The predicted octanol–water partition coefficient (Wildman–Crippen LogP) is 4.86. The van der Waals surface area contributed by atoms with Crippen molar-refractivity contribution < 1.29 is 14.0 Å². The Morgan fingerprint density at radius 2 is 1.77 bits per heavy atom. The number of carbonyl (C=O) groups excluding carboxylic acids is 2. The lowest BCUT2D eigenvalue weighted by Gasteiger charge is -2.21. The Morgan fingerprint density at radius 1 is 1.00 bits per heavy atom. The van der Waals surface area contributed by atoms with Crippen molar-refractivity contribution in [3.8, 4) is 11.5 Å². The third-order valence-electron chi connectivity index (χ3n) is 6.78. The van der Waals surface area contributed by atoms with Crippen LogP contribution in [-0.2, 0) is 9.59 Å². The zero-order valence-corrected chi connectivity index (χ0v) is 21.0. The normalized spacial score (nSPS) is 17.7. The lowest BCUT2D eigenvalue weighted by molar-refractivity contribution is -0.123. The van der Waals surface area contributed by atoms with E-state index >= 15 is 0 Å². The van der Waals surface area contributed by atoms with Gasteiger partial charge in [0.25, 0.3) is 0 Å². The lowest BCUT2D eigenvalue weighted by atomic mass is 10.1. The fourth-order valence-electron chi connectivity index (χ4n) is 4.75. The molecule has 0 radical (unpaired) electrons. The summed E-state index contributed by atoms with van der Waals surface area (Å²) in [4.78, 5) is 33.9. The van der Waals surface area contributed by atoms with Gasteiger partial charge in [0.2, 0.25) is 17.7 Å². The standard InChI is InChI=1S/C28H36N4O3/c1-31(2)18-8-4-5-11-26(33)29-22-15-12-21(19-22)28(34)32(3)23-16-13-20(14-17-23)27-30-24-9-6-7-10-25(24)35-27/h6-7,9-10,13-14,16-17,21-22H,4-5,8,11-12,15,18-19H2,1-3H3,(H,29,33)/t21-,22+/m1/s1. The highest BCUT2D eigenvalue weighted by atomic mass is 16.3. The van der Waals surface area contributed by atoms with Crippen LogP contribution in [0.15, 0.2) is 52.9 Å². The maximum Gasteiger partial charge on any atom is 0.229 e. The minimum Gasteiger partial charge on any atom is -0.436 e. The highest BCUT2D eigenvalue weighted by molar-refractivity contribution is 5.95. The molecule has 3 aromatic rings. The number of aromatic nitrogens is 1. The molecule has 2 aromatic carbocycles. The maximum absolute atomic E-state index is 13.1. The van der Waals surface area contributed by atoms with Crippen molar-refractivity contribution in [1.29, 1.82) is 0 Å². The van der Waals surface area contributed by atoms with E-state index in [1.807, 2.05) is 55.6 Å². The van der Waals surface area contributed by atoms with Crippen molar-refractivity contribution in [1.82, 2.24) is 15.2 Å². The molecule has 1 aromatic heterocycles. The Balaban J connectivity index is 1.26. The first-order chi connectivity index (χ1) is 16.9. The number of anilines is 1. The third kappa shape index (κ3) is 6.48. The van der Waals surface area contributed by atoms with E-state index in [9.17, 15) is 9.59 Å². The van der Waals surface area contributed by atoms with Gasteiger partial charge in [0.15, 0.2) is 5.58 Å². The fraction of sp³-hybridized carbons (Fsp3) is 0.464. The van der Waals surface area contributed by atoms with Crippen LogP contribution in [0, 0.1) is 5.92 Å². The van der Waals surface area contributed by atoms with Crippen molar-refractivity contribution in [2.75, 3.05) is 32.6 Å². The number of carbonyl (C=O) groups is 2. The Morgan fingerprint density at radius 3 is 2.51 bits per heavy atom. The molecule has 0 aliphatic heterocycles. The number of rotatable bonds is 10. The summed E-state index contributed by atoms with van der Waals surface area (Å²) in [5, 5.41) is 3.14. The molecule has 2 amide bonds. The molecule has 0 saturated heterocycles. The predicted molar refractivity (Wildman–Crippen MR) is 139 cm³/mol. The minimum atomic E-state index is -0.0675. The van der Waals surface area contributed by atoms with E-state index in [0.717, 1.165) is 61.0 Å². The zero-order valence-electron chi connectivity index (χ0n) is 21.0. The molecule has 186 valence electrons. The highest BCUT2D eigenvalue weighted by Gasteiger charge is 2.32. The number of fused-ring (bicyclic) bond motifs is 1. The van der Waals surface area contributed by atoms with E-state index in [1.54, 1.807) is 4.90 Å². The second-order valence-electron chi connectivity index (χ2n) is 9.82. The topological polar surface area (TPSA) is 78.7 Å². The summed E-state index contributed by atoms with van der Waals surface area (Å²) in [6, 6.07) is 15.5. The van der Waals surface area contributed by atoms with Crippen molar-refractivity contribution >= 4 is 28.6 Å². The number of para-hydroxylation sites is 2. The van der Waals surface area contributed by atoms with Gasteiger partial charge in [-0.15, -0.1) is 0 Å². The smallest absolute Gasteiger partial charge is 0.229 e. The minimum absolute atomic E-state index is 0.0675. The molecule has 7 nitrogen and oxygen atoms in total. The first-order valence-corrected chi connectivity index (χ1v) is 12.6. The van der Waals surface area contributed by atoms with Crippen molar-refractivity contribution in [2.24, 2.45) is 5.92 Å². The lowest BCUT2D eigenvalue weighted by Crippen LogP contribution is -2.35. The Hall–Kier alpha value is -3.19. The van der Waals surface area contributed by atoms with E-state index < -0.39 is 0 Å². The van der Waals surface area contributed by atoms with Crippen LogP contribution in [0.25, 0.3) is 22.6 Å².